The summed E-state index contributed by atoms with van der Waals surface area (Å²) >= 11 is 0. The molecule has 0 radical (unpaired) electrons. The van der Waals surface area contributed by atoms with Crippen molar-refractivity contribution in [3.63, 3.8) is 0 Å². The molecule has 1 rings (SSSR count). The molecule has 0 amide bonds. The first-order valence-electron chi connectivity index (χ1n) is 6.85. The highest BCUT2D eigenvalue weighted by Gasteiger charge is 2.12. The summed E-state index contributed by atoms with van der Waals surface area (Å²) in [7, 11) is 0. The van der Waals surface area contributed by atoms with E-state index in [2.05, 4.69) is 19.2 Å². The van der Waals surface area contributed by atoms with E-state index in [-0.39, 0.29) is 5.56 Å². The van der Waals surface area contributed by atoms with Crippen molar-refractivity contribution in [2.24, 2.45) is 5.92 Å². The van der Waals surface area contributed by atoms with Crippen LogP contribution in [0.15, 0.2) is 18.2 Å². The van der Waals surface area contributed by atoms with Crippen LogP contribution in [0, 0.1) is 11.7 Å². The Labute approximate surface area is 113 Å². The molecule has 0 heterocycles. The zero-order valence-corrected chi connectivity index (χ0v) is 11.6. The third-order valence-corrected chi connectivity index (χ3v) is 3.34. The van der Waals surface area contributed by atoms with Crippen molar-refractivity contribution in [1.29, 1.82) is 0 Å². The third-order valence-electron chi connectivity index (χ3n) is 3.34. The van der Waals surface area contributed by atoms with Gasteiger partial charge in [0.1, 0.15) is 5.82 Å². The van der Waals surface area contributed by atoms with Gasteiger partial charge in [-0.25, -0.2) is 9.18 Å². The quantitative estimate of drug-likeness (QED) is 0.743. The van der Waals surface area contributed by atoms with Gasteiger partial charge in [0.05, 0.1) is 5.56 Å². The van der Waals surface area contributed by atoms with Crippen molar-refractivity contribution >= 4 is 11.7 Å². The topological polar surface area (TPSA) is 49.3 Å². The molecule has 0 aromatic heterocycles. The summed E-state index contributed by atoms with van der Waals surface area (Å²) in [6.45, 7) is 5.01. The first-order chi connectivity index (χ1) is 9.08. The Morgan fingerprint density at radius 1 is 1.42 bits per heavy atom. The minimum Gasteiger partial charge on any atom is -0.478 e. The molecule has 2 N–H and O–H groups in total. The largest absolute Gasteiger partial charge is 0.478 e. The van der Waals surface area contributed by atoms with E-state index in [0.29, 0.717) is 11.6 Å². The summed E-state index contributed by atoms with van der Waals surface area (Å²) in [6.07, 6.45) is 4.52. The third kappa shape index (κ3) is 4.89. The van der Waals surface area contributed by atoms with E-state index in [1.807, 2.05) is 0 Å². The number of unbranched alkanes of at least 4 members (excludes halogenated alkanes) is 1. The lowest BCUT2D eigenvalue weighted by Crippen LogP contribution is -2.15. The number of anilines is 1. The zero-order chi connectivity index (χ0) is 14.3. The summed E-state index contributed by atoms with van der Waals surface area (Å²) in [5, 5.41) is 12.2. The van der Waals surface area contributed by atoms with E-state index in [1.165, 1.54) is 18.6 Å². The molecule has 0 aliphatic heterocycles. The number of rotatable bonds is 8. The second-order valence-electron chi connectivity index (χ2n) is 4.79. The molecule has 0 fully saturated rings. The van der Waals surface area contributed by atoms with Gasteiger partial charge in [-0.2, -0.15) is 0 Å². The molecule has 1 aromatic carbocycles. The van der Waals surface area contributed by atoms with Crippen molar-refractivity contribution < 1.29 is 14.3 Å². The van der Waals surface area contributed by atoms with Crippen molar-refractivity contribution in [3.8, 4) is 0 Å². The van der Waals surface area contributed by atoms with Crippen LogP contribution in [0.4, 0.5) is 10.1 Å². The number of aromatic carboxylic acids is 1. The van der Waals surface area contributed by atoms with Gasteiger partial charge < -0.3 is 10.4 Å². The number of halogens is 1. The minimum absolute atomic E-state index is 0.00894. The fourth-order valence-corrected chi connectivity index (χ4v) is 2.05. The lowest BCUT2D eigenvalue weighted by molar-refractivity contribution is 0.0697. The predicted molar refractivity (Wildman–Crippen MR) is 75.2 cm³/mol. The number of carboxylic acid groups (broad SMARTS) is 1. The van der Waals surface area contributed by atoms with Crippen LogP contribution in [-0.4, -0.2) is 17.6 Å². The molecule has 1 aromatic rings. The van der Waals surface area contributed by atoms with Gasteiger partial charge in [-0.1, -0.05) is 33.1 Å². The van der Waals surface area contributed by atoms with Crippen molar-refractivity contribution in [1.82, 2.24) is 0 Å². The van der Waals surface area contributed by atoms with E-state index in [1.54, 1.807) is 0 Å². The van der Waals surface area contributed by atoms with Crippen molar-refractivity contribution in [2.75, 3.05) is 11.9 Å². The zero-order valence-electron chi connectivity index (χ0n) is 11.6. The molecule has 3 nitrogen and oxygen atoms in total. The van der Waals surface area contributed by atoms with Crippen LogP contribution in [0.25, 0.3) is 0 Å². The minimum atomic E-state index is -1.11. The van der Waals surface area contributed by atoms with Crippen molar-refractivity contribution in [3.05, 3.63) is 29.6 Å². The smallest absolute Gasteiger partial charge is 0.337 e. The SMILES string of the molecule is CCCCC(CC)CNc1ccc(F)cc1C(=O)O. The second-order valence-corrected chi connectivity index (χ2v) is 4.79. The number of hydrogen-bond acceptors (Lipinski definition) is 2. The first kappa shape index (κ1) is 15.5. The number of benzene rings is 1. The number of hydrogen-bond donors (Lipinski definition) is 2. The second kappa shape index (κ2) is 7.77. The van der Waals surface area contributed by atoms with Gasteiger partial charge in [-0.15, -0.1) is 0 Å². The van der Waals surface area contributed by atoms with E-state index >= 15 is 0 Å². The molecule has 0 spiro atoms. The highest BCUT2D eigenvalue weighted by molar-refractivity contribution is 5.94. The Morgan fingerprint density at radius 2 is 2.16 bits per heavy atom. The fraction of sp³-hybridized carbons (Fsp3) is 0.533. The van der Waals surface area contributed by atoms with Crippen LogP contribution >= 0.6 is 0 Å². The Bertz CT molecular complexity index is 421. The van der Waals surface area contributed by atoms with Crippen LogP contribution < -0.4 is 5.32 Å². The molecule has 1 atom stereocenters. The summed E-state index contributed by atoms with van der Waals surface area (Å²) in [6, 6.07) is 3.82. The molecule has 0 bridgehead atoms. The van der Waals surface area contributed by atoms with Crippen LogP contribution in [-0.2, 0) is 0 Å². The van der Waals surface area contributed by atoms with Crippen molar-refractivity contribution in [2.45, 2.75) is 39.5 Å². The lowest BCUT2D eigenvalue weighted by atomic mass is 9.99. The number of carboxylic acids is 1. The van der Waals surface area contributed by atoms with E-state index < -0.39 is 11.8 Å². The maximum Gasteiger partial charge on any atom is 0.337 e. The van der Waals surface area contributed by atoms with Gasteiger partial charge in [0.2, 0.25) is 0 Å². The molecule has 0 saturated heterocycles. The number of carbonyl (C=O) groups is 1. The summed E-state index contributed by atoms with van der Waals surface area (Å²) in [5.41, 5.74) is 0.481. The van der Waals surface area contributed by atoms with Crippen LogP contribution in [0.2, 0.25) is 0 Å². The normalized spacial score (nSPS) is 12.2. The molecule has 0 aliphatic rings. The Balaban J connectivity index is 2.68. The maximum absolute atomic E-state index is 13.0. The van der Waals surface area contributed by atoms with E-state index in [9.17, 15) is 9.18 Å². The van der Waals surface area contributed by atoms with Gasteiger partial charge in [0.25, 0.3) is 0 Å². The van der Waals surface area contributed by atoms with E-state index in [4.69, 9.17) is 5.11 Å². The molecule has 0 aliphatic carbocycles. The van der Waals surface area contributed by atoms with Crippen LogP contribution in [0.3, 0.4) is 0 Å². The maximum atomic E-state index is 13.0. The lowest BCUT2D eigenvalue weighted by Gasteiger charge is -2.17. The molecule has 106 valence electrons. The fourth-order valence-electron chi connectivity index (χ4n) is 2.05. The van der Waals surface area contributed by atoms with Crippen LogP contribution in [0.1, 0.15) is 49.9 Å². The highest BCUT2D eigenvalue weighted by atomic mass is 19.1. The average molecular weight is 267 g/mol. The Kier molecular flexibility index (Phi) is 6.33. The van der Waals surface area contributed by atoms with Gasteiger partial charge in [-0.05, 0) is 30.5 Å². The van der Waals surface area contributed by atoms with Gasteiger partial charge in [0.15, 0.2) is 0 Å². The van der Waals surface area contributed by atoms with E-state index in [0.717, 1.165) is 31.9 Å². The monoisotopic (exact) mass is 267 g/mol. The molecular weight excluding hydrogens is 245 g/mol. The molecule has 4 heteroatoms. The van der Waals surface area contributed by atoms with Gasteiger partial charge in [-0.3, -0.25) is 0 Å². The average Bonchev–Trinajstić information content (AvgIpc) is 2.40. The Morgan fingerprint density at radius 3 is 2.74 bits per heavy atom. The number of nitrogens with one attached hydrogen (secondary N) is 1. The standard InChI is InChI=1S/C15H22FNO2/c1-3-5-6-11(4-2)10-17-14-8-7-12(16)9-13(14)15(18)19/h7-9,11,17H,3-6,10H2,1-2H3,(H,18,19). The van der Waals surface area contributed by atoms with Gasteiger partial charge >= 0.3 is 5.97 Å². The predicted octanol–water partition coefficient (Wildman–Crippen LogP) is 4.15. The summed E-state index contributed by atoms with van der Waals surface area (Å²) < 4.78 is 13.0. The Hall–Kier alpha value is -1.58. The summed E-state index contributed by atoms with van der Waals surface area (Å²) in [5.74, 6) is -1.11. The van der Waals surface area contributed by atoms with Crippen LogP contribution in [0.5, 0.6) is 0 Å². The molecule has 0 saturated carbocycles. The highest BCUT2D eigenvalue weighted by Crippen LogP contribution is 2.19. The molecule has 19 heavy (non-hydrogen) atoms. The molecule has 1 unspecified atom stereocenters. The summed E-state index contributed by atoms with van der Waals surface area (Å²) in [4.78, 5) is 11.1. The first-order valence-corrected chi connectivity index (χ1v) is 6.85. The van der Waals surface area contributed by atoms with Gasteiger partial charge in [0, 0.05) is 12.2 Å². The molecular formula is C15H22FNO2.